The predicted molar refractivity (Wildman–Crippen MR) is 108 cm³/mol. The Morgan fingerprint density at radius 1 is 1.00 bits per heavy atom. The molecule has 2 aromatic carbocycles. The van der Waals surface area contributed by atoms with Crippen LogP contribution in [0.1, 0.15) is 11.1 Å². The largest absolute Gasteiger partial charge is 0.357 e. The maximum Gasteiger partial charge on any atom is 0.170 e. The van der Waals surface area contributed by atoms with Gasteiger partial charge in [-0.3, -0.25) is 0 Å². The lowest BCUT2D eigenvalue weighted by Crippen LogP contribution is -3.06. The first kappa shape index (κ1) is 18.8. The molecule has 0 saturated carbocycles. The van der Waals surface area contributed by atoms with Gasteiger partial charge in [0.15, 0.2) is 5.11 Å². The number of benzene rings is 2. The van der Waals surface area contributed by atoms with Crippen molar-refractivity contribution in [3.63, 3.8) is 0 Å². The number of rotatable bonds is 6. The highest BCUT2D eigenvalue weighted by atomic mass is 32.2. The van der Waals surface area contributed by atoms with E-state index >= 15 is 0 Å². The van der Waals surface area contributed by atoms with Gasteiger partial charge < -0.3 is 15.5 Å². The highest BCUT2D eigenvalue weighted by molar-refractivity contribution is 7.99. The summed E-state index contributed by atoms with van der Waals surface area (Å²) < 4.78 is 0. The van der Waals surface area contributed by atoms with Crippen molar-refractivity contribution in [2.24, 2.45) is 0 Å². The van der Waals surface area contributed by atoms with Crippen LogP contribution in [0.15, 0.2) is 52.3 Å². The van der Waals surface area contributed by atoms with Gasteiger partial charge in [-0.05, 0) is 73.6 Å². The Kier molecular flexibility index (Phi) is 7.09. The molecule has 5 heteroatoms. The average molecular weight is 361 g/mol. The van der Waals surface area contributed by atoms with Crippen molar-refractivity contribution in [1.29, 1.82) is 0 Å². The van der Waals surface area contributed by atoms with Gasteiger partial charge in [0.25, 0.3) is 0 Å². The Labute approximate surface area is 154 Å². The van der Waals surface area contributed by atoms with Crippen molar-refractivity contribution < 1.29 is 4.90 Å². The topological polar surface area (TPSA) is 28.5 Å². The zero-order chi connectivity index (χ0) is 17.5. The molecular weight excluding hydrogens is 334 g/mol. The molecule has 0 spiro atoms. The van der Waals surface area contributed by atoms with Gasteiger partial charge in [-0.2, -0.15) is 0 Å². The van der Waals surface area contributed by atoms with Crippen molar-refractivity contribution in [2.75, 3.05) is 32.5 Å². The second-order valence-electron chi connectivity index (χ2n) is 6.21. The maximum atomic E-state index is 5.32. The fourth-order valence-electron chi connectivity index (χ4n) is 2.12. The molecule has 128 valence electrons. The second kappa shape index (κ2) is 9.06. The SMILES string of the molecule is Cc1ccc(Sc2ccc(NC(=S)NCC[NH+](C)C)cc2)cc1C. The number of quaternary nitrogens is 1. The van der Waals surface area contributed by atoms with Crippen LogP contribution in [0.5, 0.6) is 0 Å². The van der Waals surface area contributed by atoms with Gasteiger partial charge in [0.05, 0.1) is 27.2 Å². The number of hydrogen-bond acceptors (Lipinski definition) is 2. The van der Waals surface area contributed by atoms with E-state index in [0.717, 1.165) is 18.8 Å². The molecule has 0 amide bonds. The van der Waals surface area contributed by atoms with Crippen LogP contribution < -0.4 is 15.5 Å². The van der Waals surface area contributed by atoms with Crippen LogP contribution in [0.4, 0.5) is 5.69 Å². The number of aryl methyl sites for hydroxylation is 2. The smallest absolute Gasteiger partial charge is 0.170 e. The van der Waals surface area contributed by atoms with Crippen molar-refractivity contribution in [3.8, 4) is 0 Å². The quantitative estimate of drug-likeness (QED) is 0.691. The van der Waals surface area contributed by atoms with Crippen LogP contribution in [0.3, 0.4) is 0 Å². The Balaban J connectivity index is 1.88. The first-order chi connectivity index (χ1) is 11.4. The Morgan fingerprint density at radius 3 is 2.29 bits per heavy atom. The molecule has 0 aliphatic rings. The normalized spacial score (nSPS) is 10.7. The number of anilines is 1. The van der Waals surface area contributed by atoms with E-state index in [-0.39, 0.29) is 0 Å². The maximum absolute atomic E-state index is 5.32. The average Bonchev–Trinajstić information content (AvgIpc) is 2.52. The summed E-state index contributed by atoms with van der Waals surface area (Å²) in [5, 5.41) is 7.12. The van der Waals surface area contributed by atoms with E-state index in [1.165, 1.54) is 25.8 Å². The lowest BCUT2D eigenvalue weighted by atomic mass is 10.1. The molecule has 0 saturated heterocycles. The molecule has 0 fully saturated rings. The van der Waals surface area contributed by atoms with Gasteiger partial charge >= 0.3 is 0 Å². The highest BCUT2D eigenvalue weighted by Crippen LogP contribution is 2.29. The summed E-state index contributed by atoms with van der Waals surface area (Å²) >= 11 is 7.09. The molecule has 0 unspecified atom stereocenters. The molecule has 0 atom stereocenters. The Hall–Kier alpha value is -1.56. The molecule has 0 aliphatic carbocycles. The molecule has 0 heterocycles. The molecule has 24 heavy (non-hydrogen) atoms. The third kappa shape index (κ3) is 6.15. The van der Waals surface area contributed by atoms with Crippen molar-refractivity contribution in [1.82, 2.24) is 5.32 Å². The van der Waals surface area contributed by atoms with Crippen LogP contribution in [0.25, 0.3) is 0 Å². The molecule has 2 rings (SSSR count). The second-order valence-corrected chi connectivity index (χ2v) is 7.77. The van der Waals surface area contributed by atoms with Crippen LogP contribution in [-0.4, -0.2) is 32.3 Å². The summed E-state index contributed by atoms with van der Waals surface area (Å²) in [5.74, 6) is 0. The number of thiocarbonyl (C=S) groups is 1. The summed E-state index contributed by atoms with van der Waals surface area (Å²) in [6.45, 7) is 6.20. The van der Waals surface area contributed by atoms with E-state index in [4.69, 9.17) is 12.2 Å². The summed E-state index contributed by atoms with van der Waals surface area (Å²) in [6.07, 6.45) is 0. The molecule has 2 aromatic rings. The van der Waals surface area contributed by atoms with Crippen molar-refractivity contribution in [3.05, 3.63) is 53.6 Å². The third-order valence-corrected chi connectivity index (χ3v) is 4.98. The minimum absolute atomic E-state index is 0.672. The predicted octanol–water partition coefficient (Wildman–Crippen LogP) is 2.89. The van der Waals surface area contributed by atoms with E-state index in [2.05, 4.69) is 81.0 Å². The van der Waals surface area contributed by atoms with Crippen LogP contribution in [0, 0.1) is 13.8 Å². The minimum atomic E-state index is 0.672. The fourth-order valence-corrected chi connectivity index (χ4v) is 3.26. The van der Waals surface area contributed by atoms with Crippen LogP contribution >= 0.6 is 24.0 Å². The summed E-state index contributed by atoms with van der Waals surface area (Å²) in [7, 11) is 4.26. The number of hydrogen-bond donors (Lipinski definition) is 3. The Morgan fingerprint density at radius 2 is 1.67 bits per heavy atom. The first-order valence-electron chi connectivity index (χ1n) is 8.13. The minimum Gasteiger partial charge on any atom is -0.357 e. The summed E-state index contributed by atoms with van der Waals surface area (Å²) in [6, 6.07) is 14.9. The van der Waals surface area contributed by atoms with Crippen LogP contribution in [-0.2, 0) is 0 Å². The molecule has 0 bridgehead atoms. The van der Waals surface area contributed by atoms with Crippen molar-refractivity contribution >= 4 is 34.8 Å². The van der Waals surface area contributed by atoms with Gasteiger partial charge in [-0.15, -0.1) is 0 Å². The first-order valence-corrected chi connectivity index (χ1v) is 9.35. The van der Waals surface area contributed by atoms with E-state index < -0.39 is 0 Å². The van der Waals surface area contributed by atoms with Gasteiger partial charge in [0.2, 0.25) is 0 Å². The number of nitrogens with one attached hydrogen (secondary N) is 3. The van der Waals surface area contributed by atoms with Gasteiger partial charge in [-0.25, -0.2) is 0 Å². The standard InChI is InChI=1S/C19H25N3S2/c1-14-5-8-18(13-15(14)2)24-17-9-6-16(7-10-17)21-19(23)20-11-12-22(3)4/h5-10,13H,11-12H2,1-4H3,(H2,20,21,23)/p+1. The molecule has 3 N–H and O–H groups in total. The fraction of sp³-hybridized carbons (Fsp3) is 0.316. The monoisotopic (exact) mass is 360 g/mol. The highest BCUT2D eigenvalue weighted by Gasteiger charge is 2.02. The molecule has 0 aromatic heterocycles. The summed E-state index contributed by atoms with van der Waals surface area (Å²) in [4.78, 5) is 3.89. The van der Waals surface area contributed by atoms with Gasteiger partial charge in [-0.1, -0.05) is 17.8 Å². The Bertz CT molecular complexity index is 682. The van der Waals surface area contributed by atoms with Crippen molar-refractivity contribution in [2.45, 2.75) is 23.6 Å². The van der Waals surface area contributed by atoms with E-state index in [0.29, 0.717) is 5.11 Å². The van der Waals surface area contributed by atoms with E-state index in [1.54, 1.807) is 11.8 Å². The van der Waals surface area contributed by atoms with E-state index in [1.807, 2.05) is 0 Å². The zero-order valence-corrected chi connectivity index (χ0v) is 16.4. The zero-order valence-electron chi connectivity index (χ0n) is 14.8. The lowest BCUT2D eigenvalue weighted by Gasteiger charge is -2.12. The lowest BCUT2D eigenvalue weighted by molar-refractivity contribution is -0.856. The van der Waals surface area contributed by atoms with Gasteiger partial charge in [0, 0.05) is 15.5 Å². The summed E-state index contributed by atoms with van der Waals surface area (Å²) in [5.41, 5.74) is 3.67. The molecular formula is C19H26N3S2+. The van der Waals surface area contributed by atoms with Gasteiger partial charge in [0.1, 0.15) is 0 Å². The van der Waals surface area contributed by atoms with Crippen LogP contribution in [0.2, 0.25) is 0 Å². The number of likely N-dealkylation sites (N-methyl/N-ethyl adjacent to an activating group) is 1. The molecule has 0 aliphatic heterocycles. The molecule has 3 nitrogen and oxygen atoms in total. The third-order valence-electron chi connectivity index (χ3n) is 3.74. The molecule has 0 radical (unpaired) electrons. The van der Waals surface area contributed by atoms with E-state index in [9.17, 15) is 0 Å².